The lowest BCUT2D eigenvalue weighted by atomic mass is 10.0. The molecule has 0 radical (unpaired) electrons. The van der Waals surface area contributed by atoms with E-state index in [0.29, 0.717) is 19.3 Å². The highest BCUT2D eigenvalue weighted by atomic mass is 16.6. The van der Waals surface area contributed by atoms with Crippen LogP contribution < -0.4 is 0 Å². The fraction of sp³-hybridized carbons (Fsp3) is 0.667. The number of allylic oxidation sites excluding steroid dienone is 18. The third-order valence-electron chi connectivity index (χ3n) is 11.8. The third-order valence-corrected chi connectivity index (χ3v) is 11.8. The van der Waals surface area contributed by atoms with Gasteiger partial charge in [-0.05, 0) is 83.5 Å². The van der Waals surface area contributed by atoms with Gasteiger partial charge >= 0.3 is 17.9 Å². The summed E-state index contributed by atoms with van der Waals surface area (Å²) >= 11 is 0. The number of esters is 3. The molecule has 69 heavy (non-hydrogen) atoms. The second-order valence-electron chi connectivity index (χ2n) is 18.4. The second kappa shape index (κ2) is 56.7. The van der Waals surface area contributed by atoms with Crippen LogP contribution in [-0.4, -0.2) is 37.2 Å². The molecule has 0 saturated carbocycles. The molecule has 6 nitrogen and oxygen atoms in total. The molecule has 1 unspecified atom stereocenters. The van der Waals surface area contributed by atoms with Crippen molar-refractivity contribution in [3.63, 3.8) is 0 Å². The lowest BCUT2D eigenvalue weighted by Crippen LogP contribution is -2.30. The Bertz CT molecular complexity index is 1420. The summed E-state index contributed by atoms with van der Waals surface area (Å²) in [6.07, 6.45) is 76.8. The van der Waals surface area contributed by atoms with Crippen LogP contribution in [0.1, 0.15) is 252 Å². The van der Waals surface area contributed by atoms with E-state index in [9.17, 15) is 14.4 Å². The first kappa shape index (κ1) is 65.1. The molecule has 0 aliphatic heterocycles. The molecular weight excluding hydrogens is 853 g/mol. The number of carbonyl (C=O) groups is 3. The van der Waals surface area contributed by atoms with Crippen molar-refractivity contribution in [1.29, 1.82) is 0 Å². The average molecular weight is 958 g/mol. The Morgan fingerprint density at radius 2 is 0.594 bits per heavy atom. The Labute approximate surface area is 425 Å². The molecule has 0 N–H and O–H groups in total. The van der Waals surface area contributed by atoms with E-state index in [1.807, 2.05) is 12.2 Å². The van der Waals surface area contributed by atoms with Gasteiger partial charge in [-0.25, -0.2) is 0 Å². The quantitative estimate of drug-likeness (QED) is 0.0262. The Kier molecular flexibility index (Phi) is 53.4. The second-order valence-corrected chi connectivity index (χ2v) is 18.4. The minimum atomic E-state index is -0.837. The zero-order valence-corrected chi connectivity index (χ0v) is 44.8. The van der Waals surface area contributed by atoms with Gasteiger partial charge in [0.1, 0.15) is 13.2 Å². The first-order chi connectivity index (χ1) is 34.0. The van der Waals surface area contributed by atoms with Crippen molar-refractivity contribution < 1.29 is 28.6 Å². The number of carbonyl (C=O) groups excluding carboxylic acids is 3. The van der Waals surface area contributed by atoms with Crippen molar-refractivity contribution in [2.45, 2.75) is 258 Å². The molecule has 0 bridgehead atoms. The minimum absolute atomic E-state index is 0.122. The first-order valence-corrected chi connectivity index (χ1v) is 28.4. The molecule has 0 fully saturated rings. The molecule has 0 aliphatic rings. The van der Waals surface area contributed by atoms with Crippen molar-refractivity contribution in [3.8, 4) is 0 Å². The SMILES string of the molecule is CC/C=C\C/C=C\C/C=C\C/C=C\C/C=C\CCCC(=O)OC(COC(=O)CC/C=C\C/C=C\C/C=C\C/C=C\CC)COC(=O)CCCCCCCCCCCCCCCCCCCCCCC. The topological polar surface area (TPSA) is 78.9 Å². The summed E-state index contributed by atoms with van der Waals surface area (Å²) in [5.41, 5.74) is 0. The summed E-state index contributed by atoms with van der Waals surface area (Å²) in [6, 6.07) is 0. The predicted octanol–water partition coefficient (Wildman–Crippen LogP) is 19.1. The van der Waals surface area contributed by atoms with E-state index >= 15 is 0 Å². The van der Waals surface area contributed by atoms with Crippen molar-refractivity contribution in [3.05, 3.63) is 109 Å². The number of unbranched alkanes of at least 4 members (excludes halogenated alkanes) is 21. The molecule has 0 saturated heterocycles. The van der Waals surface area contributed by atoms with Gasteiger partial charge in [-0.1, -0.05) is 259 Å². The number of hydrogen-bond acceptors (Lipinski definition) is 6. The maximum Gasteiger partial charge on any atom is 0.306 e. The lowest BCUT2D eigenvalue weighted by molar-refractivity contribution is -0.166. The van der Waals surface area contributed by atoms with Crippen LogP contribution in [0, 0.1) is 0 Å². The van der Waals surface area contributed by atoms with E-state index in [4.69, 9.17) is 14.2 Å². The summed E-state index contributed by atoms with van der Waals surface area (Å²) in [5.74, 6) is -1.07. The van der Waals surface area contributed by atoms with Gasteiger partial charge in [-0.15, -0.1) is 0 Å². The Morgan fingerprint density at radius 1 is 0.304 bits per heavy atom. The van der Waals surface area contributed by atoms with Crippen molar-refractivity contribution in [1.82, 2.24) is 0 Å². The smallest absolute Gasteiger partial charge is 0.306 e. The van der Waals surface area contributed by atoms with Crippen LogP contribution in [0.4, 0.5) is 0 Å². The zero-order valence-electron chi connectivity index (χ0n) is 44.8. The van der Waals surface area contributed by atoms with E-state index < -0.39 is 6.10 Å². The van der Waals surface area contributed by atoms with Crippen LogP contribution in [0.15, 0.2) is 109 Å². The van der Waals surface area contributed by atoms with Gasteiger partial charge in [0.2, 0.25) is 0 Å². The van der Waals surface area contributed by atoms with Crippen molar-refractivity contribution >= 4 is 17.9 Å². The minimum Gasteiger partial charge on any atom is -0.462 e. The normalized spacial score (nSPS) is 12.9. The van der Waals surface area contributed by atoms with Gasteiger partial charge < -0.3 is 14.2 Å². The third kappa shape index (κ3) is 54.9. The van der Waals surface area contributed by atoms with Crippen LogP contribution in [0.25, 0.3) is 0 Å². The zero-order chi connectivity index (χ0) is 50.0. The molecule has 1 atom stereocenters. The summed E-state index contributed by atoms with van der Waals surface area (Å²) in [4.78, 5) is 38.0. The average Bonchev–Trinajstić information content (AvgIpc) is 3.35. The van der Waals surface area contributed by atoms with Crippen LogP contribution in [0.3, 0.4) is 0 Å². The molecule has 6 heteroatoms. The predicted molar refractivity (Wildman–Crippen MR) is 297 cm³/mol. The lowest BCUT2D eigenvalue weighted by Gasteiger charge is -2.18. The number of rotatable bonds is 50. The van der Waals surface area contributed by atoms with Gasteiger partial charge in [0.15, 0.2) is 6.10 Å². The highest BCUT2D eigenvalue weighted by Gasteiger charge is 2.19. The van der Waals surface area contributed by atoms with Gasteiger partial charge in [0.25, 0.3) is 0 Å². The molecular formula is C63H104O6. The molecule has 0 aromatic carbocycles. The Hall–Kier alpha value is -3.93. The van der Waals surface area contributed by atoms with E-state index in [1.165, 1.54) is 116 Å². The van der Waals surface area contributed by atoms with Crippen molar-refractivity contribution in [2.24, 2.45) is 0 Å². The fourth-order valence-corrected chi connectivity index (χ4v) is 7.61. The molecule has 0 aromatic heterocycles. The van der Waals surface area contributed by atoms with Gasteiger partial charge in [-0.3, -0.25) is 14.4 Å². The highest BCUT2D eigenvalue weighted by Crippen LogP contribution is 2.16. The largest absolute Gasteiger partial charge is 0.462 e. The Morgan fingerprint density at radius 3 is 0.957 bits per heavy atom. The van der Waals surface area contributed by atoms with E-state index in [-0.39, 0.29) is 44.0 Å². The van der Waals surface area contributed by atoms with E-state index in [1.54, 1.807) is 0 Å². The van der Waals surface area contributed by atoms with Gasteiger partial charge in [0.05, 0.1) is 0 Å². The standard InChI is InChI=1S/C63H104O6/c1-4-7-10-13-16-19-22-25-27-29-30-31-32-34-35-38-41-44-47-50-53-56-62(65)68-59-60(58-67-61(64)55-52-49-46-43-40-37-24-21-18-15-12-9-6-3)69-63(66)57-54-51-48-45-42-39-36-33-28-26-23-20-17-14-11-8-5-2/h8-9,11-12,17-18,20-21,26,28,36-37,39-40,45-46,48-49,60H,4-7,10,13-16,19,22-25,27,29-35,38,41-44,47,50-59H2,1-3H3/b11-8-,12-9-,20-17-,21-18-,28-26-,39-36-,40-37-,48-45-,49-46-. The summed E-state index contributed by atoms with van der Waals surface area (Å²) in [5, 5.41) is 0. The molecule has 0 heterocycles. The number of hydrogen-bond donors (Lipinski definition) is 0. The molecule has 392 valence electrons. The van der Waals surface area contributed by atoms with E-state index in [2.05, 4.69) is 118 Å². The van der Waals surface area contributed by atoms with Gasteiger partial charge in [0, 0.05) is 19.3 Å². The van der Waals surface area contributed by atoms with Crippen LogP contribution in [-0.2, 0) is 28.6 Å². The first-order valence-electron chi connectivity index (χ1n) is 28.4. The van der Waals surface area contributed by atoms with E-state index in [0.717, 1.165) is 83.5 Å². The molecule has 0 rings (SSSR count). The summed E-state index contributed by atoms with van der Waals surface area (Å²) in [7, 11) is 0. The van der Waals surface area contributed by atoms with Crippen LogP contribution in [0.5, 0.6) is 0 Å². The summed E-state index contributed by atoms with van der Waals surface area (Å²) in [6.45, 7) is 6.31. The van der Waals surface area contributed by atoms with Gasteiger partial charge in [-0.2, -0.15) is 0 Å². The van der Waals surface area contributed by atoms with Crippen LogP contribution in [0.2, 0.25) is 0 Å². The number of ether oxygens (including phenoxy) is 3. The maximum atomic E-state index is 12.8. The molecule has 0 spiro atoms. The monoisotopic (exact) mass is 957 g/mol. The van der Waals surface area contributed by atoms with Crippen LogP contribution >= 0.6 is 0 Å². The molecule has 0 aromatic rings. The summed E-state index contributed by atoms with van der Waals surface area (Å²) < 4.78 is 16.7. The highest BCUT2D eigenvalue weighted by molar-refractivity contribution is 5.71. The van der Waals surface area contributed by atoms with Crippen molar-refractivity contribution in [2.75, 3.05) is 13.2 Å². The molecule has 0 aliphatic carbocycles. The maximum absolute atomic E-state index is 12.8. The fourth-order valence-electron chi connectivity index (χ4n) is 7.61. The molecule has 0 amide bonds. The Balaban J connectivity index is 4.47.